The van der Waals surface area contributed by atoms with Crippen LogP contribution in [0.2, 0.25) is 0 Å². The zero-order chi connectivity index (χ0) is 17.8. The van der Waals surface area contributed by atoms with Gasteiger partial charge in [-0.25, -0.2) is 4.79 Å². The lowest BCUT2D eigenvalue weighted by Gasteiger charge is -2.39. The number of carbonyl (C=O) groups is 1. The Bertz CT molecular complexity index is 703. The van der Waals surface area contributed by atoms with Gasteiger partial charge in [0.15, 0.2) is 0 Å². The molecule has 0 aliphatic carbocycles. The molecule has 2 amide bonds. The number of amides is 2. The number of likely N-dealkylation sites (N-methyl/N-ethyl adjacent to an activating group) is 1. The number of H-pyrrole nitrogens is 1. The van der Waals surface area contributed by atoms with Gasteiger partial charge in [-0.3, -0.25) is 4.90 Å². The van der Waals surface area contributed by atoms with Crippen molar-refractivity contribution < 1.29 is 4.79 Å². The number of hydrogen-bond donors (Lipinski definition) is 3. The van der Waals surface area contributed by atoms with Crippen molar-refractivity contribution >= 4 is 22.6 Å². The van der Waals surface area contributed by atoms with Crippen molar-refractivity contribution in [3.8, 4) is 0 Å². The van der Waals surface area contributed by atoms with Crippen molar-refractivity contribution in [2.24, 2.45) is 5.92 Å². The molecule has 136 valence electrons. The number of nitrogens with one attached hydrogen (secondary N) is 3. The van der Waals surface area contributed by atoms with Crippen molar-refractivity contribution in [1.82, 2.24) is 20.1 Å². The van der Waals surface area contributed by atoms with Crippen LogP contribution in [0.3, 0.4) is 0 Å². The molecule has 0 bridgehead atoms. The van der Waals surface area contributed by atoms with Crippen molar-refractivity contribution in [3.63, 3.8) is 0 Å². The van der Waals surface area contributed by atoms with Crippen LogP contribution in [0.5, 0.6) is 0 Å². The molecule has 1 fully saturated rings. The number of urea groups is 1. The number of anilines is 1. The quantitative estimate of drug-likeness (QED) is 0.782. The van der Waals surface area contributed by atoms with Gasteiger partial charge >= 0.3 is 6.03 Å². The van der Waals surface area contributed by atoms with Gasteiger partial charge in [-0.15, -0.1) is 0 Å². The third-order valence-electron chi connectivity index (χ3n) is 5.09. The van der Waals surface area contributed by atoms with Gasteiger partial charge in [0, 0.05) is 55.9 Å². The molecule has 6 heteroatoms. The molecule has 1 aromatic heterocycles. The molecule has 0 unspecified atom stereocenters. The van der Waals surface area contributed by atoms with Gasteiger partial charge in [0.2, 0.25) is 0 Å². The Morgan fingerprint density at radius 1 is 1.20 bits per heavy atom. The number of aromatic amines is 1. The Morgan fingerprint density at radius 2 is 1.96 bits per heavy atom. The molecular weight excluding hydrogens is 314 g/mol. The highest BCUT2D eigenvalue weighted by molar-refractivity contribution is 6.00. The van der Waals surface area contributed by atoms with E-state index in [1.54, 1.807) is 0 Å². The Labute approximate surface area is 149 Å². The summed E-state index contributed by atoms with van der Waals surface area (Å²) < 4.78 is 0. The van der Waals surface area contributed by atoms with Crippen LogP contribution in [0.25, 0.3) is 10.9 Å². The van der Waals surface area contributed by atoms with Crippen LogP contribution in [0.15, 0.2) is 30.5 Å². The molecule has 3 N–H and O–H groups in total. The van der Waals surface area contributed by atoms with E-state index in [9.17, 15) is 4.79 Å². The van der Waals surface area contributed by atoms with Gasteiger partial charge in [-0.2, -0.15) is 0 Å². The zero-order valence-electron chi connectivity index (χ0n) is 15.4. The summed E-state index contributed by atoms with van der Waals surface area (Å²) in [6.45, 7) is 9.41. The minimum Gasteiger partial charge on any atom is -0.361 e. The number of benzene rings is 1. The molecule has 1 aromatic carbocycles. The van der Waals surface area contributed by atoms with E-state index >= 15 is 0 Å². The van der Waals surface area contributed by atoms with E-state index in [1.165, 1.54) is 0 Å². The molecule has 0 spiro atoms. The van der Waals surface area contributed by atoms with E-state index in [0.717, 1.165) is 42.8 Å². The third kappa shape index (κ3) is 4.32. The second-order valence-electron chi connectivity index (χ2n) is 7.23. The number of aromatic nitrogens is 1. The van der Waals surface area contributed by atoms with Gasteiger partial charge in [-0.05, 0) is 31.2 Å². The highest BCUT2D eigenvalue weighted by Crippen LogP contribution is 2.22. The number of piperazine rings is 1. The molecule has 0 radical (unpaired) electrons. The molecule has 2 heterocycles. The lowest BCUT2D eigenvalue weighted by molar-refractivity contribution is 0.0890. The summed E-state index contributed by atoms with van der Waals surface area (Å²) in [7, 11) is 2.16. The van der Waals surface area contributed by atoms with E-state index in [4.69, 9.17) is 0 Å². The standard InChI is InChI=1S/C19H29N5O/c1-14(2)18(24-11-9-23(3)10-12-24)13-21-19(25)22-17-6-4-5-16-15(17)7-8-20-16/h4-8,14,18,20H,9-13H2,1-3H3,(H2,21,22,25)/t18-/m0/s1. The molecule has 1 aliphatic rings. The van der Waals surface area contributed by atoms with Crippen molar-refractivity contribution in [2.75, 3.05) is 45.1 Å². The fourth-order valence-electron chi connectivity index (χ4n) is 3.50. The summed E-state index contributed by atoms with van der Waals surface area (Å²) in [5.74, 6) is 0.497. The first kappa shape index (κ1) is 17.8. The first-order chi connectivity index (χ1) is 12.0. The highest BCUT2D eigenvalue weighted by atomic mass is 16.2. The second-order valence-corrected chi connectivity index (χ2v) is 7.23. The van der Waals surface area contributed by atoms with E-state index in [-0.39, 0.29) is 6.03 Å². The zero-order valence-corrected chi connectivity index (χ0v) is 15.4. The second kappa shape index (κ2) is 7.89. The molecule has 6 nitrogen and oxygen atoms in total. The maximum absolute atomic E-state index is 12.4. The smallest absolute Gasteiger partial charge is 0.319 e. The maximum atomic E-state index is 12.4. The first-order valence-electron chi connectivity index (χ1n) is 9.08. The average Bonchev–Trinajstić information content (AvgIpc) is 3.06. The molecular formula is C19H29N5O. The van der Waals surface area contributed by atoms with Gasteiger partial charge < -0.3 is 20.5 Å². The fraction of sp³-hybridized carbons (Fsp3) is 0.526. The molecule has 1 atom stereocenters. The number of rotatable bonds is 5. The van der Waals surface area contributed by atoms with E-state index < -0.39 is 0 Å². The summed E-state index contributed by atoms with van der Waals surface area (Å²) in [5, 5.41) is 7.07. The van der Waals surface area contributed by atoms with E-state index in [1.807, 2.05) is 30.5 Å². The Morgan fingerprint density at radius 3 is 2.68 bits per heavy atom. The summed E-state index contributed by atoms with van der Waals surface area (Å²) in [4.78, 5) is 20.4. The Balaban J connectivity index is 1.57. The van der Waals surface area contributed by atoms with Crippen LogP contribution in [0.4, 0.5) is 10.5 Å². The van der Waals surface area contributed by atoms with Crippen molar-refractivity contribution in [2.45, 2.75) is 19.9 Å². The van der Waals surface area contributed by atoms with E-state index in [0.29, 0.717) is 18.5 Å². The Hall–Kier alpha value is -2.05. The predicted molar refractivity (Wildman–Crippen MR) is 103 cm³/mol. The normalized spacial score (nSPS) is 17.8. The molecule has 1 aliphatic heterocycles. The molecule has 3 rings (SSSR count). The number of nitrogens with zero attached hydrogens (tertiary/aromatic N) is 2. The number of carbonyl (C=O) groups excluding carboxylic acids is 1. The largest absolute Gasteiger partial charge is 0.361 e. The van der Waals surface area contributed by atoms with Crippen LogP contribution >= 0.6 is 0 Å². The molecule has 0 saturated carbocycles. The Kier molecular flexibility index (Phi) is 5.60. The SMILES string of the molecule is CC(C)[C@H](CNC(=O)Nc1cccc2[nH]ccc12)N1CCN(C)CC1. The van der Waals surface area contributed by atoms with E-state index in [2.05, 4.69) is 46.3 Å². The molecule has 2 aromatic rings. The van der Waals surface area contributed by atoms with Crippen LogP contribution < -0.4 is 10.6 Å². The van der Waals surface area contributed by atoms with Crippen molar-refractivity contribution in [1.29, 1.82) is 0 Å². The number of hydrogen-bond acceptors (Lipinski definition) is 3. The third-order valence-corrected chi connectivity index (χ3v) is 5.09. The maximum Gasteiger partial charge on any atom is 0.319 e. The lowest BCUT2D eigenvalue weighted by Crippen LogP contribution is -2.54. The van der Waals surface area contributed by atoms with Crippen LogP contribution in [0, 0.1) is 5.92 Å². The lowest BCUT2D eigenvalue weighted by atomic mass is 10.0. The summed E-state index contributed by atoms with van der Waals surface area (Å²) >= 11 is 0. The predicted octanol–water partition coefficient (Wildman–Crippen LogP) is 2.56. The minimum atomic E-state index is -0.145. The van der Waals surface area contributed by atoms with Crippen LogP contribution in [0.1, 0.15) is 13.8 Å². The average molecular weight is 343 g/mol. The van der Waals surface area contributed by atoms with Crippen LogP contribution in [-0.4, -0.2) is 66.6 Å². The highest BCUT2D eigenvalue weighted by Gasteiger charge is 2.25. The molecule has 1 saturated heterocycles. The van der Waals surface area contributed by atoms with Gasteiger partial charge in [0.25, 0.3) is 0 Å². The monoisotopic (exact) mass is 343 g/mol. The van der Waals surface area contributed by atoms with Gasteiger partial charge in [0.1, 0.15) is 0 Å². The van der Waals surface area contributed by atoms with Crippen LogP contribution in [-0.2, 0) is 0 Å². The first-order valence-corrected chi connectivity index (χ1v) is 9.08. The summed E-state index contributed by atoms with van der Waals surface area (Å²) in [5.41, 5.74) is 1.85. The molecule has 25 heavy (non-hydrogen) atoms. The number of fused-ring (bicyclic) bond motifs is 1. The fourth-order valence-corrected chi connectivity index (χ4v) is 3.50. The van der Waals surface area contributed by atoms with Crippen molar-refractivity contribution in [3.05, 3.63) is 30.5 Å². The van der Waals surface area contributed by atoms with Gasteiger partial charge in [0.05, 0.1) is 5.69 Å². The minimum absolute atomic E-state index is 0.145. The summed E-state index contributed by atoms with van der Waals surface area (Å²) in [6.07, 6.45) is 1.88. The topological polar surface area (TPSA) is 63.4 Å². The summed E-state index contributed by atoms with van der Waals surface area (Å²) in [6, 6.07) is 8.06. The van der Waals surface area contributed by atoms with Gasteiger partial charge in [-0.1, -0.05) is 19.9 Å².